The Bertz CT molecular complexity index is 97.1. The van der Waals surface area contributed by atoms with Gasteiger partial charge < -0.3 is 5.73 Å². The van der Waals surface area contributed by atoms with Crippen molar-refractivity contribution in [3.8, 4) is 0 Å². The number of rotatable bonds is 1. The van der Waals surface area contributed by atoms with Crippen LogP contribution in [0.15, 0.2) is 0 Å². The lowest BCUT2D eigenvalue weighted by molar-refractivity contribution is 0.480. The Labute approximate surface area is 68.8 Å². The fraction of sp³-hybridized carbons (Fsp3) is 1.00. The first-order chi connectivity index (χ1) is 4.43. The molecule has 2 saturated carbocycles. The van der Waals surface area contributed by atoms with Crippen molar-refractivity contribution < 1.29 is 0 Å². The van der Waals surface area contributed by atoms with Gasteiger partial charge in [-0.3, -0.25) is 0 Å². The molecule has 10 heavy (non-hydrogen) atoms. The lowest BCUT2D eigenvalue weighted by Gasteiger charge is -2.04. The van der Waals surface area contributed by atoms with Crippen LogP contribution < -0.4 is 5.73 Å². The third kappa shape index (κ3) is 1.17. The number of nitrogens with two attached hydrogens (primary N) is 1. The summed E-state index contributed by atoms with van der Waals surface area (Å²) in [5, 5.41) is 0. The van der Waals surface area contributed by atoms with E-state index in [4.69, 9.17) is 5.73 Å². The number of halogens is 1. The molecule has 1 unspecified atom stereocenters. The van der Waals surface area contributed by atoms with E-state index in [0.29, 0.717) is 0 Å². The standard InChI is InChI=1S/C8H15N.ClH/c9-5-8-6-3-1-2-4-7(6)8;/h6-8H,1-5,9H2;1H/t6-,7+,8?;. The van der Waals surface area contributed by atoms with Crippen molar-refractivity contribution in [2.45, 2.75) is 25.7 Å². The average molecular weight is 162 g/mol. The lowest BCUT2D eigenvalue weighted by Crippen LogP contribution is -2.02. The van der Waals surface area contributed by atoms with Crippen LogP contribution in [0.4, 0.5) is 0 Å². The van der Waals surface area contributed by atoms with Gasteiger partial charge in [-0.05, 0) is 37.1 Å². The summed E-state index contributed by atoms with van der Waals surface area (Å²) in [6.07, 6.45) is 5.90. The third-order valence-corrected chi connectivity index (χ3v) is 3.11. The molecule has 0 heterocycles. The zero-order valence-corrected chi connectivity index (χ0v) is 7.07. The smallest absolute Gasteiger partial charge is 0.00434 e. The van der Waals surface area contributed by atoms with Crippen molar-refractivity contribution in [2.24, 2.45) is 23.5 Å². The molecule has 2 aliphatic rings. The lowest BCUT2D eigenvalue weighted by atomic mass is 10.0. The maximum absolute atomic E-state index is 5.59. The fourth-order valence-electron chi connectivity index (χ4n) is 2.49. The number of fused-ring (bicyclic) bond motifs is 1. The van der Waals surface area contributed by atoms with Crippen molar-refractivity contribution in [2.75, 3.05) is 6.54 Å². The molecule has 0 amide bonds. The molecule has 2 rings (SSSR count). The predicted octanol–water partition coefficient (Wildman–Crippen LogP) is 1.80. The molecular weight excluding hydrogens is 146 g/mol. The van der Waals surface area contributed by atoms with E-state index >= 15 is 0 Å². The molecule has 0 aromatic carbocycles. The van der Waals surface area contributed by atoms with Gasteiger partial charge in [0.25, 0.3) is 0 Å². The first-order valence-electron chi connectivity index (χ1n) is 4.13. The van der Waals surface area contributed by atoms with E-state index in [2.05, 4.69) is 0 Å². The Morgan fingerprint density at radius 2 is 1.60 bits per heavy atom. The molecule has 3 atom stereocenters. The van der Waals surface area contributed by atoms with Crippen LogP contribution in [-0.2, 0) is 0 Å². The van der Waals surface area contributed by atoms with Gasteiger partial charge in [0.1, 0.15) is 0 Å². The van der Waals surface area contributed by atoms with Crippen LogP contribution in [0.25, 0.3) is 0 Å². The van der Waals surface area contributed by atoms with E-state index in [1.54, 1.807) is 0 Å². The minimum absolute atomic E-state index is 0. The summed E-state index contributed by atoms with van der Waals surface area (Å²) in [4.78, 5) is 0. The Balaban J connectivity index is 0.000000500. The van der Waals surface area contributed by atoms with Gasteiger partial charge in [-0.2, -0.15) is 0 Å². The third-order valence-electron chi connectivity index (χ3n) is 3.11. The highest BCUT2D eigenvalue weighted by Crippen LogP contribution is 2.54. The maximum Gasteiger partial charge on any atom is -0.00434 e. The van der Waals surface area contributed by atoms with Crippen LogP contribution in [0.3, 0.4) is 0 Å². The van der Waals surface area contributed by atoms with Crippen molar-refractivity contribution in [3.05, 3.63) is 0 Å². The van der Waals surface area contributed by atoms with E-state index in [-0.39, 0.29) is 12.4 Å². The Hall–Kier alpha value is 0.250. The number of hydrogen-bond donors (Lipinski definition) is 1. The van der Waals surface area contributed by atoms with Gasteiger partial charge in [-0.25, -0.2) is 0 Å². The van der Waals surface area contributed by atoms with Gasteiger partial charge in [0.05, 0.1) is 0 Å². The second kappa shape index (κ2) is 3.10. The van der Waals surface area contributed by atoms with Crippen LogP contribution in [0, 0.1) is 17.8 Å². The highest BCUT2D eigenvalue weighted by Gasteiger charge is 2.48. The van der Waals surface area contributed by atoms with Crippen molar-refractivity contribution in [1.82, 2.24) is 0 Å². The first-order valence-corrected chi connectivity index (χ1v) is 4.13. The molecule has 60 valence electrons. The summed E-state index contributed by atoms with van der Waals surface area (Å²) in [7, 11) is 0. The second-order valence-electron chi connectivity index (χ2n) is 3.51. The Morgan fingerprint density at radius 1 is 1.10 bits per heavy atom. The average Bonchev–Trinajstić information content (AvgIpc) is 2.60. The minimum Gasteiger partial charge on any atom is -0.330 e. The molecule has 0 saturated heterocycles. The highest BCUT2D eigenvalue weighted by molar-refractivity contribution is 5.85. The molecular formula is C8H16ClN. The van der Waals surface area contributed by atoms with Crippen LogP contribution in [0.1, 0.15) is 25.7 Å². The summed E-state index contributed by atoms with van der Waals surface area (Å²) in [5.41, 5.74) is 5.59. The second-order valence-corrected chi connectivity index (χ2v) is 3.51. The largest absolute Gasteiger partial charge is 0.330 e. The molecule has 0 aromatic heterocycles. The SMILES string of the molecule is Cl.NCC1[C@H]2CCCC[C@@H]12. The van der Waals surface area contributed by atoms with Gasteiger partial charge in [0, 0.05) is 0 Å². The van der Waals surface area contributed by atoms with Crippen LogP contribution in [-0.4, -0.2) is 6.54 Å². The Kier molecular flexibility index (Phi) is 2.59. The monoisotopic (exact) mass is 161 g/mol. The highest BCUT2D eigenvalue weighted by atomic mass is 35.5. The maximum atomic E-state index is 5.59. The van der Waals surface area contributed by atoms with Gasteiger partial charge in [0.2, 0.25) is 0 Å². The van der Waals surface area contributed by atoms with E-state index < -0.39 is 0 Å². The molecule has 0 bridgehead atoms. The molecule has 0 spiro atoms. The molecule has 2 fully saturated rings. The summed E-state index contributed by atoms with van der Waals surface area (Å²) >= 11 is 0. The molecule has 2 N–H and O–H groups in total. The quantitative estimate of drug-likeness (QED) is 0.624. The van der Waals surface area contributed by atoms with Gasteiger partial charge in [-0.15, -0.1) is 12.4 Å². The van der Waals surface area contributed by atoms with Crippen molar-refractivity contribution in [3.63, 3.8) is 0 Å². The van der Waals surface area contributed by atoms with E-state index in [9.17, 15) is 0 Å². The van der Waals surface area contributed by atoms with Gasteiger partial charge in [0.15, 0.2) is 0 Å². The predicted molar refractivity (Wildman–Crippen MR) is 45.2 cm³/mol. The van der Waals surface area contributed by atoms with Crippen LogP contribution in [0.2, 0.25) is 0 Å². The van der Waals surface area contributed by atoms with Crippen LogP contribution in [0.5, 0.6) is 0 Å². The summed E-state index contributed by atoms with van der Waals surface area (Å²) in [5.74, 6) is 3.06. The number of hydrogen-bond acceptors (Lipinski definition) is 1. The minimum atomic E-state index is 0. The summed E-state index contributed by atoms with van der Waals surface area (Å²) in [6, 6.07) is 0. The zero-order valence-electron chi connectivity index (χ0n) is 6.25. The van der Waals surface area contributed by atoms with Gasteiger partial charge >= 0.3 is 0 Å². The van der Waals surface area contributed by atoms with E-state index in [0.717, 1.165) is 24.3 Å². The molecule has 0 aliphatic heterocycles. The molecule has 1 nitrogen and oxygen atoms in total. The molecule has 2 aliphatic carbocycles. The molecule has 0 radical (unpaired) electrons. The van der Waals surface area contributed by atoms with Gasteiger partial charge in [-0.1, -0.05) is 12.8 Å². The van der Waals surface area contributed by atoms with Crippen LogP contribution >= 0.6 is 12.4 Å². The van der Waals surface area contributed by atoms with E-state index in [1.807, 2.05) is 0 Å². The zero-order chi connectivity index (χ0) is 6.27. The molecule has 0 aromatic rings. The Morgan fingerprint density at radius 3 is 2.00 bits per heavy atom. The first kappa shape index (κ1) is 8.35. The summed E-state index contributed by atoms with van der Waals surface area (Å²) < 4.78 is 0. The van der Waals surface area contributed by atoms with Crippen molar-refractivity contribution in [1.29, 1.82) is 0 Å². The topological polar surface area (TPSA) is 26.0 Å². The summed E-state index contributed by atoms with van der Waals surface area (Å²) in [6.45, 7) is 0.954. The molecule has 2 heteroatoms. The van der Waals surface area contributed by atoms with Crippen molar-refractivity contribution >= 4 is 12.4 Å². The fourth-order valence-corrected chi connectivity index (χ4v) is 2.49. The van der Waals surface area contributed by atoms with E-state index in [1.165, 1.54) is 25.7 Å². The normalized spacial score (nSPS) is 43.5.